The number of phenolic OH excluding ortho intramolecular Hbond substituents is 1. The molecule has 1 aliphatic rings. The van der Waals surface area contributed by atoms with Crippen molar-refractivity contribution in [3.8, 4) is 5.75 Å². The highest BCUT2D eigenvalue weighted by Gasteiger charge is 2.23. The second kappa shape index (κ2) is 4.78. The molecule has 0 saturated carbocycles. The molecule has 1 atom stereocenters. The molecule has 2 rings (SSSR count). The maximum atomic E-state index is 11.9. The molecule has 0 spiro atoms. The zero-order valence-electron chi connectivity index (χ0n) is 9.19. The Hall–Kier alpha value is -1.16. The van der Waals surface area contributed by atoms with Crippen LogP contribution < -0.4 is 5.32 Å². The van der Waals surface area contributed by atoms with Gasteiger partial charge in [0.15, 0.2) is 0 Å². The van der Waals surface area contributed by atoms with E-state index >= 15 is 0 Å². The molecular weight excluding hydrogens is 222 g/mol. The van der Waals surface area contributed by atoms with Gasteiger partial charge in [0, 0.05) is 22.9 Å². The van der Waals surface area contributed by atoms with Crippen LogP contribution in [-0.2, 0) is 4.79 Å². The van der Waals surface area contributed by atoms with Crippen molar-refractivity contribution in [1.82, 2.24) is 0 Å². The lowest BCUT2D eigenvalue weighted by Gasteiger charge is -2.12. The first kappa shape index (κ1) is 11.3. The summed E-state index contributed by atoms with van der Waals surface area (Å²) in [4.78, 5) is 11.9. The molecule has 0 bridgehead atoms. The van der Waals surface area contributed by atoms with Crippen LogP contribution in [0, 0.1) is 12.8 Å². The summed E-state index contributed by atoms with van der Waals surface area (Å²) in [6.07, 6.45) is 0.953. The number of carbonyl (C=O) groups excluding carboxylic acids is 1. The minimum atomic E-state index is 0.0682. The van der Waals surface area contributed by atoms with Crippen molar-refractivity contribution in [2.75, 3.05) is 16.8 Å². The van der Waals surface area contributed by atoms with Crippen molar-refractivity contribution in [1.29, 1.82) is 0 Å². The van der Waals surface area contributed by atoms with E-state index in [1.165, 1.54) is 0 Å². The van der Waals surface area contributed by atoms with Gasteiger partial charge in [0.1, 0.15) is 5.75 Å². The Bertz CT molecular complexity index is 400. The fourth-order valence-corrected chi connectivity index (χ4v) is 2.96. The number of phenols is 1. The number of anilines is 1. The molecule has 1 fully saturated rings. The molecule has 0 aromatic heterocycles. The van der Waals surface area contributed by atoms with Crippen molar-refractivity contribution in [3.05, 3.63) is 23.8 Å². The number of hydrogen-bond acceptors (Lipinski definition) is 3. The fraction of sp³-hybridized carbons (Fsp3) is 0.417. The zero-order chi connectivity index (χ0) is 11.5. The molecule has 86 valence electrons. The maximum absolute atomic E-state index is 11.9. The highest BCUT2D eigenvalue weighted by molar-refractivity contribution is 7.99. The van der Waals surface area contributed by atoms with E-state index < -0.39 is 0 Å². The molecule has 1 saturated heterocycles. The Morgan fingerprint density at radius 3 is 3.06 bits per heavy atom. The largest absolute Gasteiger partial charge is 0.508 e. The second-order valence-electron chi connectivity index (χ2n) is 4.00. The molecule has 4 heteroatoms. The van der Waals surface area contributed by atoms with Crippen molar-refractivity contribution in [2.45, 2.75) is 13.3 Å². The monoisotopic (exact) mass is 237 g/mol. The predicted octanol–water partition coefficient (Wildman–Crippen LogP) is 2.39. The Balaban J connectivity index is 2.08. The minimum absolute atomic E-state index is 0.0682. The molecule has 1 aromatic carbocycles. The lowest BCUT2D eigenvalue weighted by Crippen LogP contribution is -2.22. The molecule has 0 aliphatic carbocycles. The summed E-state index contributed by atoms with van der Waals surface area (Å²) in [5.41, 5.74) is 1.43. The highest BCUT2D eigenvalue weighted by Crippen LogP contribution is 2.27. The van der Waals surface area contributed by atoms with Crippen LogP contribution in [0.15, 0.2) is 18.2 Å². The molecule has 16 heavy (non-hydrogen) atoms. The lowest BCUT2D eigenvalue weighted by atomic mass is 10.1. The van der Waals surface area contributed by atoms with Gasteiger partial charge >= 0.3 is 0 Å². The van der Waals surface area contributed by atoms with Gasteiger partial charge in [0.05, 0.1) is 0 Å². The van der Waals surface area contributed by atoms with Gasteiger partial charge in [-0.2, -0.15) is 11.8 Å². The van der Waals surface area contributed by atoms with Gasteiger partial charge in [-0.05, 0) is 31.2 Å². The summed E-state index contributed by atoms with van der Waals surface area (Å²) in [7, 11) is 0. The van der Waals surface area contributed by atoms with Gasteiger partial charge in [-0.3, -0.25) is 4.79 Å². The summed E-state index contributed by atoms with van der Waals surface area (Å²) in [5.74, 6) is 2.38. The third-order valence-electron chi connectivity index (χ3n) is 2.86. The quantitative estimate of drug-likeness (QED) is 0.830. The molecule has 3 nitrogen and oxygen atoms in total. The van der Waals surface area contributed by atoms with Gasteiger partial charge in [-0.1, -0.05) is 6.07 Å². The Labute approximate surface area is 99.2 Å². The van der Waals surface area contributed by atoms with Crippen LogP contribution in [0.2, 0.25) is 0 Å². The van der Waals surface area contributed by atoms with Gasteiger partial charge in [0.25, 0.3) is 0 Å². The summed E-state index contributed by atoms with van der Waals surface area (Å²) >= 11 is 1.82. The molecule has 1 aliphatic heterocycles. The smallest absolute Gasteiger partial charge is 0.228 e. The average Bonchev–Trinajstić information content (AvgIpc) is 2.78. The van der Waals surface area contributed by atoms with E-state index in [9.17, 15) is 9.90 Å². The van der Waals surface area contributed by atoms with E-state index in [0.29, 0.717) is 5.69 Å². The summed E-state index contributed by atoms with van der Waals surface area (Å²) in [5, 5.41) is 12.4. The molecule has 1 unspecified atom stereocenters. The first-order valence-corrected chi connectivity index (χ1v) is 6.51. The molecule has 1 aromatic rings. The Morgan fingerprint density at radius 1 is 1.56 bits per heavy atom. The van der Waals surface area contributed by atoms with Gasteiger partial charge in [-0.25, -0.2) is 0 Å². The number of thioether (sulfide) groups is 1. The summed E-state index contributed by atoms with van der Waals surface area (Å²) in [6, 6.07) is 5.17. The standard InChI is InChI=1S/C12H15NO2S/c1-8-10(3-2-4-11(8)14)13-12(15)9-5-6-16-7-9/h2-4,9,14H,5-7H2,1H3,(H,13,15). The van der Waals surface area contributed by atoms with E-state index in [1.54, 1.807) is 19.1 Å². The third-order valence-corrected chi connectivity index (χ3v) is 4.03. The van der Waals surface area contributed by atoms with Crippen LogP contribution in [0.4, 0.5) is 5.69 Å². The predicted molar refractivity (Wildman–Crippen MR) is 66.9 cm³/mol. The van der Waals surface area contributed by atoms with E-state index in [-0.39, 0.29) is 17.6 Å². The van der Waals surface area contributed by atoms with E-state index in [1.807, 2.05) is 17.8 Å². The van der Waals surface area contributed by atoms with Crippen LogP contribution in [0.1, 0.15) is 12.0 Å². The number of aromatic hydroxyl groups is 1. The molecule has 2 N–H and O–H groups in total. The first-order valence-electron chi connectivity index (χ1n) is 5.35. The van der Waals surface area contributed by atoms with Crippen LogP contribution in [0.3, 0.4) is 0 Å². The Kier molecular flexibility index (Phi) is 3.39. The van der Waals surface area contributed by atoms with Crippen molar-refractivity contribution in [3.63, 3.8) is 0 Å². The van der Waals surface area contributed by atoms with Gasteiger partial charge in [0.2, 0.25) is 5.91 Å². The molecule has 0 radical (unpaired) electrons. The van der Waals surface area contributed by atoms with Crippen LogP contribution in [0.25, 0.3) is 0 Å². The SMILES string of the molecule is Cc1c(O)cccc1NC(=O)C1CCSC1. The van der Waals surface area contributed by atoms with Gasteiger partial charge in [-0.15, -0.1) is 0 Å². The summed E-state index contributed by atoms with van der Waals surface area (Å²) in [6.45, 7) is 1.80. The van der Waals surface area contributed by atoms with Crippen LogP contribution >= 0.6 is 11.8 Å². The lowest BCUT2D eigenvalue weighted by molar-refractivity contribution is -0.119. The number of nitrogens with one attached hydrogen (secondary N) is 1. The van der Waals surface area contributed by atoms with Crippen molar-refractivity contribution >= 4 is 23.4 Å². The van der Waals surface area contributed by atoms with Crippen molar-refractivity contribution in [2.24, 2.45) is 5.92 Å². The third kappa shape index (κ3) is 2.32. The zero-order valence-corrected chi connectivity index (χ0v) is 10.0. The molecule has 1 amide bonds. The van der Waals surface area contributed by atoms with E-state index in [2.05, 4.69) is 5.32 Å². The maximum Gasteiger partial charge on any atom is 0.228 e. The fourth-order valence-electron chi connectivity index (χ4n) is 1.73. The number of benzene rings is 1. The van der Waals surface area contributed by atoms with E-state index in [4.69, 9.17) is 0 Å². The highest BCUT2D eigenvalue weighted by atomic mass is 32.2. The number of amides is 1. The van der Waals surface area contributed by atoms with Crippen LogP contribution in [0.5, 0.6) is 5.75 Å². The topological polar surface area (TPSA) is 49.3 Å². The average molecular weight is 237 g/mol. The molecular formula is C12H15NO2S. The number of hydrogen-bond donors (Lipinski definition) is 2. The Morgan fingerprint density at radius 2 is 2.38 bits per heavy atom. The van der Waals surface area contributed by atoms with Crippen LogP contribution in [-0.4, -0.2) is 22.5 Å². The van der Waals surface area contributed by atoms with Crippen molar-refractivity contribution < 1.29 is 9.90 Å². The minimum Gasteiger partial charge on any atom is -0.508 e. The number of carbonyl (C=O) groups is 1. The number of rotatable bonds is 2. The molecule has 1 heterocycles. The first-order chi connectivity index (χ1) is 7.68. The normalized spacial score (nSPS) is 19.7. The second-order valence-corrected chi connectivity index (χ2v) is 5.15. The van der Waals surface area contributed by atoms with Gasteiger partial charge < -0.3 is 10.4 Å². The summed E-state index contributed by atoms with van der Waals surface area (Å²) < 4.78 is 0. The van der Waals surface area contributed by atoms with E-state index in [0.717, 1.165) is 23.5 Å².